The Morgan fingerprint density at radius 2 is 0.761 bits per heavy atom. The van der Waals surface area contributed by atoms with Crippen LogP contribution in [0.15, 0.2) is 11.6 Å². The molecule has 0 spiro atoms. The maximum Gasteiger partial charge on any atom is 0.306 e. The van der Waals surface area contributed by atoms with Crippen molar-refractivity contribution in [3.05, 3.63) is 11.6 Å². The molecule has 2 N–H and O–H groups in total. The molecule has 1 aliphatic carbocycles. The highest BCUT2D eigenvalue weighted by atomic mass is 16.5. The van der Waals surface area contributed by atoms with E-state index in [0.29, 0.717) is 25.7 Å². The minimum absolute atomic E-state index is 0.0222. The van der Waals surface area contributed by atoms with E-state index in [1.54, 1.807) is 0 Å². The number of aliphatic hydroxyl groups is 2. The van der Waals surface area contributed by atoms with Crippen LogP contribution in [0.5, 0.6) is 0 Å². The van der Waals surface area contributed by atoms with Crippen LogP contribution in [0.4, 0.5) is 0 Å². The first-order chi connectivity index (χ1) is 32.8. The number of nitrogens with zero attached hydrogens (tertiary/aromatic N) is 1. The van der Waals surface area contributed by atoms with Gasteiger partial charge >= 0.3 is 11.9 Å². The van der Waals surface area contributed by atoms with Gasteiger partial charge in [0.2, 0.25) is 0 Å². The smallest absolute Gasteiger partial charge is 0.306 e. The summed E-state index contributed by atoms with van der Waals surface area (Å²) in [4.78, 5) is 28.5. The number of hydrogen-bond acceptors (Lipinski definition) is 7. The summed E-state index contributed by atoms with van der Waals surface area (Å²) in [7, 11) is 0. The third-order valence-electron chi connectivity index (χ3n) is 14.6. The average Bonchev–Trinajstić information content (AvgIpc) is 3.32. The number of carbonyl (C=O) groups is 2. The fraction of sp³-hybridized carbons (Fsp3) is 0.933. The SMILES string of the molecule is CCCCCCCCC(CCCCCCCC)OC(=O)CCCCCCCN(CCCCCCCC(=O)OC(CCCCCCCC)CCCCCCCC)CCCCC1=CCC(O)C(O)C1. The molecular formula is C60H115NO6. The Bertz CT molecular complexity index is 1020. The molecule has 0 aromatic carbocycles. The van der Waals surface area contributed by atoms with Crippen LogP contribution in [-0.2, 0) is 19.1 Å². The first-order valence-corrected chi connectivity index (χ1v) is 30.0. The minimum Gasteiger partial charge on any atom is -0.462 e. The number of aliphatic hydroxyl groups excluding tert-OH is 2. The van der Waals surface area contributed by atoms with E-state index in [1.807, 2.05) is 0 Å². The van der Waals surface area contributed by atoms with Gasteiger partial charge in [-0.3, -0.25) is 9.59 Å². The molecule has 0 radical (unpaired) electrons. The second kappa shape index (κ2) is 48.2. The Morgan fingerprint density at radius 3 is 1.12 bits per heavy atom. The van der Waals surface area contributed by atoms with Gasteiger partial charge < -0.3 is 24.6 Å². The van der Waals surface area contributed by atoms with Crippen LogP contribution < -0.4 is 0 Å². The number of unbranched alkanes of at least 4 members (excludes halogenated alkanes) is 29. The van der Waals surface area contributed by atoms with Crippen molar-refractivity contribution in [1.29, 1.82) is 0 Å². The van der Waals surface area contributed by atoms with Crippen LogP contribution >= 0.6 is 0 Å². The predicted molar refractivity (Wildman–Crippen MR) is 287 cm³/mol. The summed E-state index contributed by atoms with van der Waals surface area (Å²) < 4.78 is 12.2. The normalized spacial score (nSPS) is 15.3. The predicted octanol–water partition coefficient (Wildman–Crippen LogP) is 17.4. The molecule has 0 aromatic heterocycles. The molecule has 0 fully saturated rings. The van der Waals surface area contributed by atoms with Gasteiger partial charge in [-0.05, 0) is 129 Å². The molecule has 0 saturated heterocycles. The van der Waals surface area contributed by atoms with Crippen molar-refractivity contribution >= 4 is 11.9 Å². The molecule has 0 aliphatic heterocycles. The summed E-state index contributed by atoms with van der Waals surface area (Å²) in [5.74, 6) is 0.0444. The van der Waals surface area contributed by atoms with Gasteiger partial charge in [-0.1, -0.05) is 206 Å². The molecule has 67 heavy (non-hydrogen) atoms. The molecule has 2 atom stereocenters. The third-order valence-corrected chi connectivity index (χ3v) is 14.6. The summed E-state index contributed by atoms with van der Waals surface area (Å²) in [6.45, 7) is 12.4. The number of carbonyl (C=O) groups excluding carboxylic acids is 2. The quantitative estimate of drug-likeness (QED) is 0.0356. The summed E-state index contributed by atoms with van der Waals surface area (Å²) in [5, 5.41) is 20.1. The Balaban J connectivity index is 2.46. The molecule has 2 unspecified atom stereocenters. The lowest BCUT2D eigenvalue weighted by atomic mass is 9.91. The number of rotatable bonds is 51. The third kappa shape index (κ3) is 40.9. The van der Waals surface area contributed by atoms with Crippen LogP contribution in [0, 0.1) is 0 Å². The zero-order valence-electron chi connectivity index (χ0n) is 45.3. The van der Waals surface area contributed by atoms with Gasteiger partial charge in [-0.2, -0.15) is 0 Å². The molecule has 0 aromatic rings. The van der Waals surface area contributed by atoms with Crippen LogP contribution in [0.25, 0.3) is 0 Å². The molecular weight excluding hydrogens is 831 g/mol. The highest BCUT2D eigenvalue weighted by Gasteiger charge is 2.21. The highest BCUT2D eigenvalue weighted by molar-refractivity contribution is 5.69. The van der Waals surface area contributed by atoms with Crippen molar-refractivity contribution in [2.24, 2.45) is 0 Å². The van der Waals surface area contributed by atoms with E-state index in [-0.39, 0.29) is 24.1 Å². The molecule has 0 saturated carbocycles. The van der Waals surface area contributed by atoms with Crippen molar-refractivity contribution in [1.82, 2.24) is 4.90 Å². The van der Waals surface area contributed by atoms with Crippen LogP contribution in [0.3, 0.4) is 0 Å². The lowest BCUT2D eigenvalue weighted by Gasteiger charge is -2.24. The van der Waals surface area contributed by atoms with Crippen molar-refractivity contribution in [2.45, 2.75) is 341 Å². The van der Waals surface area contributed by atoms with Gasteiger partial charge in [0.1, 0.15) is 12.2 Å². The number of hydrogen-bond donors (Lipinski definition) is 2. The van der Waals surface area contributed by atoms with Gasteiger partial charge in [0.25, 0.3) is 0 Å². The first-order valence-electron chi connectivity index (χ1n) is 30.0. The fourth-order valence-electron chi connectivity index (χ4n) is 10.1. The van der Waals surface area contributed by atoms with Crippen molar-refractivity contribution in [3.63, 3.8) is 0 Å². The van der Waals surface area contributed by atoms with Gasteiger partial charge in [0, 0.05) is 12.8 Å². The zero-order valence-corrected chi connectivity index (χ0v) is 45.3. The monoisotopic (exact) mass is 946 g/mol. The Labute approximate surface area is 416 Å². The molecule has 396 valence electrons. The minimum atomic E-state index is -0.615. The van der Waals surface area contributed by atoms with Gasteiger partial charge in [-0.25, -0.2) is 0 Å². The summed E-state index contributed by atoms with van der Waals surface area (Å²) in [6.07, 6.45) is 52.7. The number of esters is 2. The molecule has 0 heterocycles. The Hall–Kier alpha value is -1.44. The molecule has 1 rings (SSSR count). The van der Waals surface area contributed by atoms with Gasteiger partial charge in [0.15, 0.2) is 0 Å². The summed E-state index contributed by atoms with van der Waals surface area (Å²) in [6, 6.07) is 0. The molecule has 0 bridgehead atoms. The lowest BCUT2D eigenvalue weighted by molar-refractivity contribution is -0.151. The van der Waals surface area contributed by atoms with Crippen molar-refractivity contribution in [3.8, 4) is 0 Å². The van der Waals surface area contributed by atoms with Crippen LogP contribution in [-0.4, -0.2) is 71.1 Å². The Morgan fingerprint density at radius 1 is 0.448 bits per heavy atom. The van der Waals surface area contributed by atoms with E-state index in [0.717, 1.165) is 90.3 Å². The zero-order chi connectivity index (χ0) is 48.7. The average molecular weight is 947 g/mol. The first kappa shape index (κ1) is 63.6. The second-order valence-electron chi connectivity index (χ2n) is 21.2. The molecule has 7 heteroatoms. The van der Waals surface area contributed by atoms with E-state index in [9.17, 15) is 19.8 Å². The Kier molecular flexibility index (Phi) is 45.7. The molecule has 0 amide bonds. The topological polar surface area (TPSA) is 96.3 Å². The largest absolute Gasteiger partial charge is 0.462 e. The van der Waals surface area contributed by atoms with E-state index in [2.05, 4.69) is 38.7 Å². The van der Waals surface area contributed by atoms with E-state index < -0.39 is 12.2 Å². The maximum atomic E-state index is 12.9. The van der Waals surface area contributed by atoms with Crippen molar-refractivity contribution < 1.29 is 29.3 Å². The van der Waals surface area contributed by atoms with E-state index in [1.165, 1.54) is 198 Å². The summed E-state index contributed by atoms with van der Waals surface area (Å²) >= 11 is 0. The second-order valence-corrected chi connectivity index (χ2v) is 21.2. The van der Waals surface area contributed by atoms with Gasteiger partial charge in [0.05, 0.1) is 12.2 Å². The fourth-order valence-corrected chi connectivity index (χ4v) is 10.1. The number of ether oxygens (including phenoxy) is 2. The summed E-state index contributed by atoms with van der Waals surface area (Å²) in [5.41, 5.74) is 1.30. The standard InChI is InChI=1S/C60H115NO6/c1-5-9-13-17-23-31-42-55(43-32-24-18-14-10-6-2)66-59(64)46-35-27-21-29-38-50-61(52-40-37-41-54-48-49-57(62)58(63)53-54)51-39-30-22-28-36-47-60(65)67-56(44-33-25-19-15-11-7-3)45-34-26-20-16-12-8-4/h48,55-58,62-63H,5-47,49-53H2,1-4H3. The maximum absolute atomic E-state index is 12.9. The van der Waals surface area contributed by atoms with E-state index in [4.69, 9.17) is 9.47 Å². The lowest BCUT2D eigenvalue weighted by Crippen LogP contribution is -2.29. The molecule has 7 nitrogen and oxygen atoms in total. The van der Waals surface area contributed by atoms with Crippen LogP contribution in [0.2, 0.25) is 0 Å². The highest BCUT2D eigenvalue weighted by Crippen LogP contribution is 2.24. The van der Waals surface area contributed by atoms with Crippen LogP contribution in [0.1, 0.15) is 317 Å². The molecule has 1 aliphatic rings. The van der Waals surface area contributed by atoms with Crippen molar-refractivity contribution in [2.75, 3.05) is 19.6 Å². The van der Waals surface area contributed by atoms with Gasteiger partial charge in [-0.15, -0.1) is 0 Å². The van der Waals surface area contributed by atoms with E-state index >= 15 is 0 Å².